The van der Waals surface area contributed by atoms with Gasteiger partial charge in [0.05, 0.1) is 6.61 Å². The highest BCUT2D eigenvalue weighted by Gasteiger charge is 2.16. The number of hydrogen-bond donors (Lipinski definition) is 1. The molecule has 0 atom stereocenters. The minimum Gasteiger partial charge on any atom is -0.494 e. The van der Waals surface area contributed by atoms with Crippen LogP contribution in [0.3, 0.4) is 0 Å². The molecule has 0 radical (unpaired) electrons. The summed E-state index contributed by atoms with van der Waals surface area (Å²) in [7, 11) is 0. The van der Waals surface area contributed by atoms with Gasteiger partial charge in [-0.2, -0.15) is 0 Å². The molecule has 0 bridgehead atoms. The van der Waals surface area contributed by atoms with Gasteiger partial charge in [0.15, 0.2) is 0 Å². The summed E-state index contributed by atoms with van der Waals surface area (Å²) in [5, 5.41) is 2.66. The van der Waals surface area contributed by atoms with E-state index in [1.165, 1.54) is 0 Å². The summed E-state index contributed by atoms with van der Waals surface area (Å²) in [6.07, 6.45) is -0.467. The van der Waals surface area contributed by atoms with Gasteiger partial charge in [0.1, 0.15) is 11.4 Å². The van der Waals surface area contributed by atoms with E-state index in [0.717, 1.165) is 5.75 Å². The molecule has 1 N–H and O–H groups in total. The molecule has 0 spiro atoms. The lowest BCUT2D eigenvalue weighted by atomic mass is 10.2. The first-order valence-corrected chi connectivity index (χ1v) is 5.63. The second-order valence-electron chi connectivity index (χ2n) is 4.59. The Morgan fingerprint density at radius 2 is 2.06 bits per heavy atom. The number of nitrogens with one attached hydrogen (secondary N) is 1. The van der Waals surface area contributed by atoms with Gasteiger partial charge < -0.3 is 9.47 Å². The Kier molecular flexibility index (Phi) is 4.37. The molecule has 0 aliphatic heterocycles. The van der Waals surface area contributed by atoms with Crippen molar-refractivity contribution in [2.24, 2.45) is 0 Å². The predicted molar refractivity (Wildman–Crippen MR) is 67.5 cm³/mol. The van der Waals surface area contributed by atoms with Crippen LogP contribution >= 0.6 is 0 Å². The zero-order valence-electron chi connectivity index (χ0n) is 10.7. The van der Waals surface area contributed by atoms with Crippen LogP contribution in [0.25, 0.3) is 0 Å². The van der Waals surface area contributed by atoms with Crippen LogP contribution in [-0.4, -0.2) is 18.3 Å². The van der Waals surface area contributed by atoms with E-state index >= 15 is 0 Å². The first-order valence-electron chi connectivity index (χ1n) is 5.63. The topological polar surface area (TPSA) is 47.6 Å². The molecule has 4 nitrogen and oxygen atoms in total. The van der Waals surface area contributed by atoms with Crippen molar-refractivity contribution >= 4 is 11.8 Å². The maximum Gasteiger partial charge on any atom is 0.412 e. The van der Waals surface area contributed by atoms with Gasteiger partial charge in [-0.3, -0.25) is 5.32 Å². The van der Waals surface area contributed by atoms with Gasteiger partial charge in [-0.25, -0.2) is 4.79 Å². The highest BCUT2D eigenvalue weighted by atomic mass is 16.6. The van der Waals surface area contributed by atoms with Crippen LogP contribution in [0, 0.1) is 0 Å². The van der Waals surface area contributed by atoms with E-state index in [9.17, 15) is 4.79 Å². The van der Waals surface area contributed by atoms with Crippen molar-refractivity contribution in [3.05, 3.63) is 24.3 Å². The van der Waals surface area contributed by atoms with Gasteiger partial charge in [0.25, 0.3) is 0 Å². The van der Waals surface area contributed by atoms with Crippen LogP contribution in [0.5, 0.6) is 5.75 Å². The highest BCUT2D eigenvalue weighted by Crippen LogP contribution is 2.18. The van der Waals surface area contributed by atoms with Crippen molar-refractivity contribution in [3.8, 4) is 5.75 Å². The Balaban J connectivity index is 2.62. The number of ether oxygens (including phenoxy) is 2. The Labute approximate surface area is 102 Å². The van der Waals surface area contributed by atoms with Crippen LogP contribution in [0.2, 0.25) is 0 Å². The van der Waals surface area contributed by atoms with Gasteiger partial charge in [-0.05, 0) is 39.8 Å². The second-order valence-corrected chi connectivity index (χ2v) is 4.59. The van der Waals surface area contributed by atoms with Gasteiger partial charge in [0, 0.05) is 11.8 Å². The first-order chi connectivity index (χ1) is 7.90. The molecule has 1 aromatic carbocycles. The van der Waals surface area contributed by atoms with Crippen LogP contribution in [0.1, 0.15) is 27.7 Å². The number of carbonyl (C=O) groups excluding carboxylic acids is 1. The van der Waals surface area contributed by atoms with Crippen molar-refractivity contribution in [2.75, 3.05) is 11.9 Å². The summed E-state index contributed by atoms with van der Waals surface area (Å²) in [5.41, 5.74) is 0.159. The van der Waals surface area contributed by atoms with E-state index in [1.54, 1.807) is 12.1 Å². The van der Waals surface area contributed by atoms with Crippen molar-refractivity contribution in [2.45, 2.75) is 33.3 Å². The molecular weight excluding hydrogens is 218 g/mol. The fourth-order valence-corrected chi connectivity index (χ4v) is 1.25. The monoisotopic (exact) mass is 237 g/mol. The number of amides is 1. The maximum atomic E-state index is 11.5. The van der Waals surface area contributed by atoms with Crippen molar-refractivity contribution < 1.29 is 14.3 Å². The molecule has 17 heavy (non-hydrogen) atoms. The quantitative estimate of drug-likeness (QED) is 0.876. The fourth-order valence-electron chi connectivity index (χ4n) is 1.25. The molecule has 0 aromatic heterocycles. The SMILES string of the molecule is CCOc1cccc(NC(=O)OC(C)(C)C)c1. The molecule has 0 fully saturated rings. The smallest absolute Gasteiger partial charge is 0.412 e. The number of hydrogen-bond acceptors (Lipinski definition) is 3. The van der Waals surface area contributed by atoms with Gasteiger partial charge >= 0.3 is 6.09 Å². The maximum absolute atomic E-state index is 11.5. The average molecular weight is 237 g/mol. The molecule has 94 valence electrons. The van der Waals surface area contributed by atoms with Crippen molar-refractivity contribution in [1.82, 2.24) is 0 Å². The fraction of sp³-hybridized carbons (Fsp3) is 0.462. The molecule has 1 aromatic rings. The van der Waals surface area contributed by atoms with Crippen molar-refractivity contribution in [3.63, 3.8) is 0 Å². The predicted octanol–water partition coefficient (Wildman–Crippen LogP) is 3.43. The number of carbonyl (C=O) groups is 1. The number of rotatable bonds is 3. The summed E-state index contributed by atoms with van der Waals surface area (Å²) in [6.45, 7) is 7.97. The number of anilines is 1. The number of benzene rings is 1. The Hall–Kier alpha value is -1.71. The Morgan fingerprint density at radius 1 is 1.35 bits per heavy atom. The lowest BCUT2D eigenvalue weighted by molar-refractivity contribution is 0.0636. The lowest BCUT2D eigenvalue weighted by Gasteiger charge is -2.19. The zero-order valence-corrected chi connectivity index (χ0v) is 10.7. The van der Waals surface area contributed by atoms with Crippen LogP contribution in [0.4, 0.5) is 10.5 Å². The molecular formula is C13H19NO3. The van der Waals surface area contributed by atoms with Crippen LogP contribution in [-0.2, 0) is 4.74 Å². The zero-order chi connectivity index (χ0) is 12.9. The van der Waals surface area contributed by atoms with E-state index in [2.05, 4.69) is 5.32 Å². The second kappa shape index (κ2) is 5.57. The minimum atomic E-state index is -0.498. The van der Waals surface area contributed by atoms with Crippen LogP contribution < -0.4 is 10.1 Å². The summed E-state index contributed by atoms with van der Waals surface area (Å²) < 4.78 is 10.5. The highest BCUT2D eigenvalue weighted by molar-refractivity contribution is 5.85. The molecule has 1 rings (SSSR count). The minimum absolute atomic E-state index is 0.467. The molecule has 4 heteroatoms. The van der Waals surface area contributed by atoms with E-state index < -0.39 is 11.7 Å². The third-order valence-electron chi connectivity index (χ3n) is 1.79. The van der Waals surface area contributed by atoms with Gasteiger partial charge in [-0.1, -0.05) is 6.07 Å². The van der Waals surface area contributed by atoms with Gasteiger partial charge in [-0.15, -0.1) is 0 Å². The first kappa shape index (κ1) is 13.4. The standard InChI is InChI=1S/C13H19NO3/c1-5-16-11-8-6-7-10(9-11)14-12(15)17-13(2,3)4/h6-9H,5H2,1-4H3,(H,14,15). The molecule has 0 unspecified atom stereocenters. The van der Waals surface area contributed by atoms with Crippen molar-refractivity contribution in [1.29, 1.82) is 0 Å². The summed E-state index contributed by atoms with van der Waals surface area (Å²) in [5.74, 6) is 0.723. The third-order valence-corrected chi connectivity index (χ3v) is 1.79. The van der Waals surface area contributed by atoms with E-state index in [0.29, 0.717) is 12.3 Å². The lowest BCUT2D eigenvalue weighted by Crippen LogP contribution is -2.27. The Bertz CT molecular complexity index is 382. The van der Waals surface area contributed by atoms with Crippen LogP contribution in [0.15, 0.2) is 24.3 Å². The van der Waals surface area contributed by atoms with E-state index in [-0.39, 0.29) is 0 Å². The summed E-state index contributed by atoms with van der Waals surface area (Å²) >= 11 is 0. The normalized spacial score (nSPS) is 10.8. The molecule has 0 saturated heterocycles. The molecule has 0 aliphatic carbocycles. The average Bonchev–Trinajstić information content (AvgIpc) is 2.15. The molecule has 0 saturated carbocycles. The molecule has 0 aliphatic rings. The third kappa shape index (κ3) is 5.24. The Morgan fingerprint density at radius 3 is 2.65 bits per heavy atom. The largest absolute Gasteiger partial charge is 0.494 e. The van der Waals surface area contributed by atoms with E-state index in [1.807, 2.05) is 39.8 Å². The molecule has 0 heterocycles. The summed E-state index contributed by atoms with van der Waals surface area (Å²) in [4.78, 5) is 11.5. The molecule has 1 amide bonds. The van der Waals surface area contributed by atoms with Gasteiger partial charge in [0.2, 0.25) is 0 Å². The van der Waals surface area contributed by atoms with E-state index in [4.69, 9.17) is 9.47 Å². The summed E-state index contributed by atoms with van der Waals surface area (Å²) in [6, 6.07) is 7.20.